The molecule has 0 rings (SSSR count). The van der Waals surface area contributed by atoms with Gasteiger partial charge < -0.3 is 15.3 Å². The second-order valence-electron chi connectivity index (χ2n) is 3.17. The van der Waals surface area contributed by atoms with E-state index in [0.29, 0.717) is 0 Å². The molecule has 0 spiro atoms. The van der Waals surface area contributed by atoms with Crippen molar-refractivity contribution in [1.82, 2.24) is 0 Å². The molecule has 16 heavy (non-hydrogen) atoms. The molecule has 0 unspecified atom stereocenters. The monoisotopic (exact) mass is 293 g/mol. The van der Waals surface area contributed by atoms with Crippen LogP contribution in [0.2, 0.25) is 0 Å². The summed E-state index contributed by atoms with van der Waals surface area (Å²) < 4.78 is 0. The van der Waals surface area contributed by atoms with Crippen molar-refractivity contribution in [3.63, 3.8) is 0 Å². The van der Waals surface area contributed by atoms with Crippen molar-refractivity contribution in [2.75, 3.05) is 19.8 Å². The molecule has 0 saturated carbocycles. The summed E-state index contributed by atoms with van der Waals surface area (Å²) in [5, 5.41) is 28.6. The molecular formula is C12H27GeO3-3. The molecule has 0 aliphatic heterocycles. The van der Waals surface area contributed by atoms with Crippen molar-refractivity contribution in [2.45, 2.75) is 59.3 Å². The maximum atomic E-state index is 9.53. The topological polar surface area (TPSA) is 69.2 Å². The van der Waals surface area contributed by atoms with Gasteiger partial charge in [0.1, 0.15) is 0 Å². The van der Waals surface area contributed by atoms with Crippen LogP contribution in [0.1, 0.15) is 59.3 Å². The fraction of sp³-hybridized carbons (Fsp3) is 1.00. The van der Waals surface area contributed by atoms with E-state index in [2.05, 4.69) is 0 Å². The summed E-state index contributed by atoms with van der Waals surface area (Å²) in [5.41, 5.74) is 0. The van der Waals surface area contributed by atoms with Gasteiger partial charge in [0.25, 0.3) is 0 Å². The van der Waals surface area contributed by atoms with Gasteiger partial charge in [-0.15, -0.1) is 19.8 Å². The largest absolute Gasteiger partial charge is 0.854 e. The molecule has 0 amide bonds. The second kappa shape index (κ2) is 36.1. The minimum Gasteiger partial charge on any atom is -0.854 e. The Labute approximate surface area is 112 Å². The van der Waals surface area contributed by atoms with Gasteiger partial charge >= 0.3 is 0 Å². The minimum atomic E-state index is 0. The Kier molecular flexibility index (Phi) is 57.2. The molecule has 0 atom stereocenters. The van der Waals surface area contributed by atoms with Crippen LogP contribution in [-0.2, 0) is 0 Å². The van der Waals surface area contributed by atoms with E-state index in [1.807, 2.05) is 20.8 Å². The minimum absolute atomic E-state index is 0. The standard InChI is InChI=1S/3C4H9O.Ge/c3*1-2-3-4-5;/h3*2-4H2,1H3;/q3*-1;. The first-order valence-electron chi connectivity index (χ1n) is 5.99. The van der Waals surface area contributed by atoms with E-state index < -0.39 is 0 Å². The van der Waals surface area contributed by atoms with E-state index in [1.165, 1.54) is 0 Å². The van der Waals surface area contributed by atoms with Gasteiger partial charge in [0.05, 0.1) is 0 Å². The number of hydrogen-bond acceptors (Lipinski definition) is 3. The van der Waals surface area contributed by atoms with Gasteiger partial charge in [-0.3, -0.25) is 0 Å². The van der Waals surface area contributed by atoms with Gasteiger partial charge in [-0.1, -0.05) is 59.3 Å². The molecule has 4 radical (unpaired) electrons. The zero-order valence-electron chi connectivity index (χ0n) is 11.1. The van der Waals surface area contributed by atoms with Gasteiger partial charge in [-0.2, -0.15) is 0 Å². The van der Waals surface area contributed by atoms with Gasteiger partial charge in [0.2, 0.25) is 0 Å². The average Bonchev–Trinajstić information content (AvgIpc) is 2.23. The summed E-state index contributed by atoms with van der Waals surface area (Å²) in [6, 6.07) is 0. The summed E-state index contributed by atoms with van der Waals surface area (Å²) in [5.74, 6) is 0. The molecule has 0 fully saturated rings. The van der Waals surface area contributed by atoms with E-state index in [0.717, 1.165) is 38.5 Å². The van der Waals surface area contributed by atoms with Crippen LogP contribution in [0.4, 0.5) is 0 Å². The van der Waals surface area contributed by atoms with E-state index in [1.54, 1.807) is 0 Å². The van der Waals surface area contributed by atoms with Crippen molar-refractivity contribution >= 4 is 17.6 Å². The van der Waals surface area contributed by atoms with Crippen LogP contribution in [-0.4, -0.2) is 37.4 Å². The molecule has 0 heterocycles. The Bertz CT molecular complexity index is 53.0. The van der Waals surface area contributed by atoms with E-state index in [9.17, 15) is 15.3 Å². The first-order chi connectivity index (χ1) is 7.24. The molecule has 4 heteroatoms. The Morgan fingerprint density at radius 2 is 0.750 bits per heavy atom. The van der Waals surface area contributed by atoms with Gasteiger partial charge in [0.15, 0.2) is 0 Å². The molecular weight excluding hydrogens is 265 g/mol. The third kappa shape index (κ3) is 63.0. The van der Waals surface area contributed by atoms with E-state index in [-0.39, 0.29) is 37.4 Å². The first kappa shape index (κ1) is 25.3. The Morgan fingerprint density at radius 1 is 0.562 bits per heavy atom. The van der Waals surface area contributed by atoms with Crippen LogP contribution in [0.25, 0.3) is 0 Å². The SMILES string of the molecule is CCCC[O-].CCCC[O-].CCCC[O-].[Ge]. The molecule has 100 valence electrons. The van der Waals surface area contributed by atoms with Gasteiger partial charge in [-0.25, -0.2) is 0 Å². The zero-order chi connectivity index (χ0) is 12.4. The predicted molar refractivity (Wildman–Crippen MR) is 65.1 cm³/mol. The third-order valence-corrected chi connectivity index (χ3v) is 1.49. The molecule has 3 nitrogen and oxygen atoms in total. The molecule has 0 saturated heterocycles. The molecule has 0 bridgehead atoms. The molecule has 0 aromatic carbocycles. The van der Waals surface area contributed by atoms with Crippen molar-refractivity contribution in [2.24, 2.45) is 0 Å². The van der Waals surface area contributed by atoms with E-state index >= 15 is 0 Å². The van der Waals surface area contributed by atoms with Crippen LogP contribution in [0.3, 0.4) is 0 Å². The second-order valence-corrected chi connectivity index (χ2v) is 3.17. The Balaban J connectivity index is -0.0000000655. The summed E-state index contributed by atoms with van der Waals surface area (Å²) in [4.78, 5) is 0. The van der Waals surface area contributed by atoms with Crippen LogP contribution in [0.5, 0.6) is 0 Å². The predicted octanol–water partition coefficient (Wildman–Crippen LogP) is 0.0596. The quantitative estimate of drug-likeness (QED) is 0.650. The third-order valence-electron chi connectivity index (χ3n) is 1.49. The van der Waals surface area contributed by atoms with Crippen LogP contribution in [0, 0.1) is 0 Å². The van der Waals surface area contributed by atoms with Crippen molar-refractivity contribution in [1.29, 1.82) is 0 Å². The molecule has 0 aliphatic rings. The Morgan fingerprint density at radius 3 is 0.750 bits per heavy atom. The maximum absolute atomic E-state index is 9.53. The zero-order valence-corrected chi connectivity index (χ0v) is 13.2. The number of unbranched alkanes of at least 4 members (excludes halogenated alkanes) is 3. The summed E-state index contributed by atoms with van der Waals surface area (Å²) in [6.07, 6.45) is 5.59. The fourth-order valence-corrected chi connectivity index (χ4v) is 0.433. The smallest absolute Gasteiger partial charge is 0 e. The van der Waals surface area contributed by atoms with E-state index in [4.69, 9.17) is 0 Å². The Hall–Kier alpha value is 0.423. The van der Waals surface area contributed by atoms with Crippen molar-refractivity contribution in [3.05, 3.63) is 0 Å². The average molecular weight is 292 g/mol. The normalized spacial score (nSPS) is 7.88. The molecule has 0 aliphatic carbocycles. The number of hydrogen-bond donors (Lipinski definition) is 0. The summed E-state index contributed by atoms with van der Waals surface area (Å²) in [6.45, 7) is 6.32. The van der Waals surface area contributed by atoms with Gasteiger partial charge in [-0.05, 0) is 0 Å². The van der Waals surface area contributed by atoms with Crippen molar-refractivity contribution < 1.29 is 15.3 Å². The van der Waals surface area contributed by atoms with Crippen LogP contribution >= 0.6 is 0 Å². The van der Waals surface area contributed by atoms with Crippen LogP contribution in [0.15, 0.2) is 0 Å². The number of rotatable bonds is 6. The molecule has 0 aromatic heterocycles. The molecule has 0 N–H and O–H groups in total. The summed E-state index contributed by atoms with van der Waals surface area (Å²) in [7, 11) is 0. The van der Waals surface area contributed by atoms with Gasteiger partial charge in [0, 0.05) is 17.6 Å². The summed E-state index contributed by atoms with van der Waals surface area (Å²) >= 11 is 0. The maximum Gasteiger partial charge on any atom is 0 e. The molecule has 0 aromatic rings. The van der Waals surface area contributed by atoms with Crippen LogP contribution < -0.4 is 15.3 Å². The van der Waals surface area contributed by atoms with Crippen molar-refractivity contribution in [3.8, 4) is 0 Å². The first-order valence-corrected chi connectivity index (χ1v) is 5.99. The fourth-order valence-electron chi connectivity index (χ4n) is 0.433.